The third-order valence-electron chi connectivity index (χ3n) is 4.63. The first-order chi connectivity index (χ1) is 14.1. The van der Waals surface area contributed by atoms with E-state index < -0.39 is 11.8 Å². The van der Waals surface area contributed by atoms with Crippen LogP contribution in [0.15, 0.2) is 30.3 Å². The highest BCUT2D eigenvalue weighted by atomic mass is 32.1. The maximum atomic E-state index is 12.3. The number of nitrogens with one attached hydrogen (secondary N) is 3. The molecule has 1 aromatic heterocycles. The summed E-state index contributed by atoms with van der Waals surface area (Å²) in [6, 6.07) is 8.73. The van der Waals surface area contributed by atoms with E-state index in [0.29, 0.717) is 22.8 Å². The van der Waals surface area contributed by atoms with Crippen molar-refractivity contribution >= 4 is 29.1 Å². The molecule has 0 radical (unpaired) electrons. The lowest BCUT2D eigenvalue weighted by Crippen LogP contribution is -2.46. The Morgan fingerprint density at radius 3 is 2.66 bits per heavy atom. The molecule has 3 rings (SSSR count). The monoisotopic (exact) mass is 415 g/mol. The number of thiophene rings is 1. The van der Waals surface area contributed by atoms with Gasteiger partial charge in [-0.3, -0.25) is 25.2 Å². The number of carbonyl (C=O) groups is 3. The first-order valence-electron chi connectivity index (χ1n) is 9.79. The molecule has 1 heterocycles. The molecule has 3 N–H and O–H groups in total. The molecule has 0 fully saturated rings. The maximum Gasteiger partial charge on any atom is 0.279 e. The van der Waals surface area contributed by atoms with Crippen molar-refractivity contribution in [2.24, 2.45) is 0 Å². The standard InChI is InChI=1S/C21H25N3O4S/c1-2-28-16-10-7-6-9-15(16)20(26)22-13-19(25)23-24-21(27)18-12-14-8-4-3-5-11-17(14)29-18/h6-7,9-10,12H,2-5,8,11,13H2,1H3,(H,22,26)(H,23,25)(H,24,27). The van der Waals surface area contributed by atoms with Gasteiger partial charge in [0, 0.05) is 4.88 Å². The van der Waals surface area contributed by atoms with E-state index in [-0.39, 0.29) is 12.5 Å². The van der Waals surface area contributed by atoms with Gasteiger partial charge in [0.2, 0.25) is 0 Å². The van der Waals surface area contributed by atoms with Crippen LogP contribution in [0.5, 0.6) is 5.75 Å². The number of benzene rings is 1. The molecule has 3 amide bonds. The molecule has 0 spiro atoms. The third kappa shape index (κ3) is 5.57. The summed E-state index contributed by atoms with van der Waals surface area (Å²) in [5.41, 5.74) is 6.35. The number of rotatable bonds is 6. The van der Waals surface area contributed by atoms with Crippen molar-refractivity contribution in [3.63, 3.8) is 0 Å². The van der Waals surface area contributed by atoms with E-state index >= 15 is 0 Å². The Labute approximate surface area is 173 Å². The molecule has 0 aliphatic heterocycles. The zero-order chi connectivity index (χ0) is 20.6. The fraction of sp³-hybridized carbons (Fsp3) is 0.381. The van der Waals surface area contributed by atoms with Gasteiger partial charge >= 0.3 is 0 Å². The van der Waals surface area contributed by atoms with Crippen molar-refractivity contribution in [3.8, 4) is 5.75 Å². The number of amides is 3. The van der Waals surface area contributed by atoms with E-state index in [9.17, 15) is 14.4 Å². The van der Waals surface area contributed by atoms with E-state index in [4.69, 9.17) is 4.74 Å². The summed E-state index contributed by atoms with van der Waals surface area (Å²) in [6.45, 7) is 2.00. The number of aryl methyl sites for hydroxylation is 2. The van der Waals surface area contributed by atoms with E-state index in [1.165, 1.54) is 28.2 Å². The van der Waals surface area contributed by atoms with Crippen molar-refractivity contribution in [2.75, 3.05) is 13.2 Å². The Balaban J connectivity index is 1.48. The summed E-state index contributed by atoms with van der Waals surface area (Å²) in [5.74, 6) is -0.820. The molecule has 0 saturated carbocycles. The number of carbonyl (C=O) groups excluding carboxylic acids is 3. The first-order valence-corrected chi connectivity index (χ1v) is 10.6. The third-order valence-corrected chi connectivity index (χ3v) is 5.86. The highest BCUT2D eigenvalue weighted by Gasteiger charge is 2.17. The molecule has 1 aromatic carbocycles. The molecule has 29 heavy (non-hydrogen) atoms. The van der Waals surface area contributed by atoms with Gasteiger partial charge in [0.15, 0.2) is 0 Å². The molecule has 7 nitrogen and oxygen atoms in total. The second-order valence-corrected chi connectivity index (χ2v) is 7.87. The smallest absolute Gasteiger partial charge is 0.279 e. The minimum atomic E-state index is -0.515. The molecular formula is C21H25N3O4S. The number of para-hydroxylation sites is 1. The Hall–Kier alpha value is -2.87. The topological polar surface area (TPSA) is 96.5 Å². The van der Waals surface area contributed by atoms with E-state index in [1.54, 1.807) is 24.3 Å². The van der Waals surface area contributed by atoms with Crippen molar-refractivity contribution in [1.82, 2.24) is 16.2 Å². The van der Waals surface area contributed by atoms with Crippen LogP contribution in [0, 0.1) is 0 Å². The average molecular weight is 416 g/mol. The van der Waals surface area contributed by atoms with Gasteiger partial charge in [-0.25, -0.2) is 0 Å². The highest BCUT2D eigenvalue weighted by molar-refractivity contribution is 7.14. The largest absolute Gasteiger partial charge is 0.493 e. The second-order valence-electron chi connectivity index (χ2n) is 6.73. The molecule has 0 atom stereocenters. The molecule has 2 aromatic rings. The predicted octanol–water partition coefficient (Wildman–Crippen LogP) is 2.61. The molecule has 0 unspecified atom stereocenters. The van der Waals surface area contributed by atoms with Crippen LogP contribution in [0.4, 0.5) is 0 Å². The zero-order valence-electron chi connectivity index (χ0n) is 16.4. The van der Waals surface area contributed by atoms with Crippen molar-refractivity contribution < 1.29 is 19.1 Å². The van der Waals surface area contributed by atoms with Crippen LogP contribution in [-0.4, -0.2) is 30.9 Å². The fourth-order valence-corrected chi connectivity index (χ4v) is 4.35. The zero-order valence-corrected chi connectivity index (χ0v) is 17.2. The normalized spacial score (nSPS) is 13.0. The lowest BCUT2D eigenvalue weighted by Gasteiger charge is -2.11. The minimum Gasteiger partial charge on any atom is -0.493 e. The molecule has 0 bridgehead atoms. The molecule has 1 aliphatic carbocycles. The number of ether oxygens (including phenoxy) is 1. The molecule has 0 saturated heterocycles. The molecule has 154 valence electrons. The fourth-order valence-electron chi connectivity index (χ4n) is 3.20. The van der Waals surface area contributed by atoms with Gasteiger partial charge in [0.05, 0.1) is 23.6 Å². The number of hydrogen-bond donors (Lipinski definition) is 3. The van der Waals surface area contributed by atoms with Crippen LogP contribution in [-0.2, 0) is 17.6 Å². The van der Waals surface area contributed by atoms with Crippen LogP contribution in [0.1, 0.15) is 56.7 Å². The van der Waals surface area contributed by atoms with Gasteiger partial charge in [-0.15, -0.1) is 11.3 Å². The summed E-state index contributed by atoms with van der Waals surface area (Å²) < 4.78 is 5.42. The lowest BCUT2D eigenvalue weighted by atomic mass is 10.1. The summed E-state index contributed by atoms with van der Waals surface area (Å²) in [7, 11) is 0. The summed E-state index contributed by atoms with van der Waals surface area (Å²) >= 11 is 1.48. The summed E-state index contributed by atoms with van der Waals surface area (Å²) in [6.07, 6.45) is 5.53. The average Bonchev–Trinajstić information content (AvgIpc) is 3.01. The van der Waals surface area contributed by atoms with Crippen molar-refractivity contribution in [2.45, 2.75) is 39.0 Å². The van der Waals surface area contributed by atoms with Crippen molar-refractivity contribution in [1.29, 1.82) is 0 Å². The maximum absolute atomic E-state index is 12.3. The molecule has 8 heteroatoms. The second kappa shape index (κ2) is 10.1. The van der Waals surface area contributed by atoms with E-state index in [2.05, 4.69) is 16.2 Å². The van der Waals surface area contributed by atoms with Crippen LogP contribution in [0.2, 0.25) is 0 Å². The summed E-state index contributed by atoms with van der Waals surface area (Å²) in [5, 5.41) is 2.53. The quantitative estimate of drug-likeness (QED) is 0.499. The van der Waals surface area contributed by atoms with E-state index in [0.717, 1.165) is 25.7 Å². The Bertz CT molecular complexity index is 870. The van der Waals surface area contributed by atoms with Crippen LogP contribution in [0.25, 0.3) is 0 Å². The van der Waals surface area contributed by atoms with Crippen LogP contribution < -0.4 is 20.9 Å². The lowest BCUT2D eigenvalue weighted by molar-refractivity contribution is -0.120. The number of hydrogen-bond acceptors (Lipinski definition) is 5. The summed E-state index contributed by atoms with van der Waals surface area (Å²) in [4.78, 5) is 38.4. The van der Waals surface area contributed by atoms with Gasteiger partial charge < -0.3 is 10.1 Å². The van der Waals surface area contributed by atoms with Crippen molar-refractivity contribution in [3.05, 3.63) is 51.2 Å². The van der Waals surface area contributed by atoms with E-state index in [1.807, 2.05) is 13.0 Å². The highest BCUT2D eigenvalue weighted by Crippen LogP contribution is 2.28. The number of hydrazine groups is 1. The SMILES string of the molecule is CCOc1ccccc1C(=O)NCC(=O)NNC(=O)c1cc2c(s1)CCCCC2. The van der Waals surface area contributed by atoms with Crippen LogP contribution >= 0.6 is 11.3 Å². The Morgan fingerprint density at radius 1 is 1.03 bits per heavy atom. The first kappa shape index (κ1) is 20.9. The minimum absolute atomic E-state index is 0.263. The molecule has 1 aliphatic rings. The predicted molar refractivity (Wildman–Crippen MR) is 111 cm³/mol. The van der Waals surface area contributed by atoms with Gasteiger partial charge in [-0.05, 0) is 56.4 Å². The van der Waals surface area contributed by atoms with Gasteiger partial charge in [-0.2, -0.15) is 0 Å². The molecular weight excluding hydrogens is 390 g/mol. The number of fused-ring (bicyclic) bond motifs is 1. The van der Waals surface area contributed by atoms with Gasteiger partial charge in [0.1, 0.15) is 5.75 Å². The van der Waals surface area contributed by atoms with Crippen LogP contribution in [0.3, 0.4) is 0 Å². The van der Waals surface area contributed by atoms with Gasteiger partial charge in [-0.1, -0.05) is 18.6 Å². The van der Waals surface area contributed by atoms with Gasteiger partial charge in [0.25, 0.3) is 17.7 Å². The Morgan fingerprint density at radius 2 is 1.83 bits per heavy atom. The Kier molecular flexibility index (Phi) is 7.24.